The molecule has 0 fully saturated rings. The topological polar surface area (TPSA) is 73.4 Å². The van der Waals surface area contributed by atoms with Gasteiger partial charge < -0.3 is 5.73 Å². The van der Waals surface area contributed by atoms with Crippen LogP contribution in [0.4, 0.5) is 0 Å². The Morgan fingerprint density at radius 2 is 1.74 bits per heavy atom. The van der Waals surface area contributed by atoms with Gasteiger partial charge in [0.1, 0.15) is 5.82 Å². The van der Waals surface area contributed by atoms with Gasteiger partial charge in [-0.3, -0.25) is 9.80 Å². The summed E-state index contributed by atoms with van der Waals surface area (Å²) in [5, 5.41) is 13.7. The van der Waals surface area contributed by atoms with E-state index in [1.165, 1.54) is 5.56 Å². The van der Waals surface area contributed by atoms with Crippen molar-refractivity contribution in [1.29, 1.82) is 5.26 Å². The minimum absolute atomic E-state index is 0.0896. The van der Waals surface area contributed by atoms with Crippen LogP contribution >= 0.6 is 0 Å². The number of nitrogens with two attached hydrogens (primary N) is 1. The standard InChI is InChI=1S/C26H28N4O/c1-4-17-10-12-19(13-11-17)24-21(16-27)26(28)30(29(2)3)22-14-20(15-23(31)25(22)24)18-8-6-5-7-9-18/h5-13,20,24H,4,14-15,28H2,1-3H3/t20-,24-/m0/s1. The summed E-state index contributed by atoms with van der Waals surface area (Å²) in [7, 11) is 3.78. The van der Waals surface area contributed by atoms with Gasteiger partial charge in [-0.15, -0.1) is 0 Å². The minimum Gasteiger partial charge on any atom is -0.383 e. The number of nitriles is 1. The number of carbonyl (C=O) groups is 1. The third-order valence-corrected chi connectivity index (χ3v) is 6.33. The normalized spacial score (nSPS) is 21.4. The van der Waals surface area contributed by atoms with E-state index >= 15 is 0 Å². The fraction of sp³-hybridized carbons (Fsp3) is 0.308. The molecule has 158 valence electrons. The highest BCUT2D eigenvalue weighted by molar-refractivity contribution is 6.00. The Morgan fingerprint density at radius 1 is 1.06 bits per heavy atom. The Kier molecular flexibility index (Phi) is 5.67. The number of ketones is 1. The molecule has 1 heterocycles. The van der Waals surface area contributed by atoms with Gasteiger partial charge in [-0.1, -0.05) is 61.5 Å². The van der Waals surface area contributed by atoms with Crippen LogP contribution in [0.1, 0.15) is 48.3 Å². The molecule has 2 atom stereocenters. The van der Waals surface area contributed by atoms with Crippen molar-refractivity contribution in [2.45, 2.75) is 38.0 Å². The molecule has 2 aromatic rings. The zero-order valence-electron chi connectivity index (χ0n) is 18.3. The van der Waals surface area contributed by atoms with E-state index < -0.39 is 5.92 Å². The molecule has 0 spiro atoms. The predicted molar refractivity (Wildman–Crippen MR) is 121 cm³/mol. The third-order valence-electron chi connectivity index (χ3n) is 6.33. The van der Waals surface area contributed by atoms with Crippen molar-refractivity contribution in [3.8, 4) is 6.07 Å². The van der Waals surface area contributed by atoms with Gasteiger partial charge in [0.15, 0.2) is 5.78 Å². The Bertz CT molecular complexity index is 1090. The third kappa shape index (κ3) is 3.64. The molecule has 31 heavy (non-hydrogen) atoms. The van der Waals surface area contributed by atoms with Crippen molar-refractivity contribution < 1.29 is 4.79 Å². The molecule has 0 radical (unpaired) electrons. The van der Waals surface area contributed by atoms with Gasteiger partial charge in [0.25, 0.3) is 0 Å². The number of hydrogen-bond donors (Lipinski definition) is 1. The predicted octanol–water partition coefficient (Wildman–Crippen LogP) is 4.22. The first-order valence-electron chi connectivity index (χ1n) is 10.7. The number of carbonyl (C=O) groups excluding carboxylic acids is 1. The van der Waals surface area contributed by atoms with Gasteiger partial charge in [-0.25, -0.2) is 5.01 Å². The van der Waals surface area contributed by atoms with Crippen LogP contribution in [0.5, 0.6) is 0 Å². The van der Waals surface area contributed by atoms with E-state index in [0.717, 1.165) is 23.2 Å². The summed E-state index contributed by atoms with van der Waals surface area (Å²) in [6.07, 6.45) is 2.08. The first-order valence-corrected chi connectivity index (χ1v) is 10.7. The van der Waals surface area contributed by atoms with E-state index in [2.05, 4.69) is 37.3 Å². The highest BCUT2D eigenvalue weighted by Gasteiger charge is 2.43. The summed E-state index contributed by atoms with van der Waals surface area (Å²) in [5.41, 5.74) is 11.9. The van der Waals surface area contributed by atoms with E-state index in [1.54, 1.807) is 0 Å². The molecular formula is C26H28N4O. The van der Waals surface area contributed by atoms with Crippen molar-refractivity contribution in [2.24, 2.45) is 5.73 Å². The van der Waals surface area contributed by atoms with Gasteiger partial charge in [-0.2, -0.15) is 5.26 Å². The summed E-state index contributed by atoms with van der Waals surface area (Å²) in [6, 6.07) is 20.7. The number of aryl methyl sites for hydroxylation is 1. The second-order valence-electron chi connectivity index (χ2n) is 8.40. The van der Waals surface area contributed by atoms with Gasteiger partial charge in [-0.05, 0) is 35.4 Å². The average molecular weight is 413 g/mol. The monoisotopic (exact) mass is 412 g/mol. The number of hydrazine groups is 1. The number of rotatable bonds is 4. The largest absolute Gasteiger partial charge is 0.383 e. The fourth-order valence-electron chi connectivity index (χ4n) is 4.81. The number of hydrogen-bond acceptors (Lipinski definition) is 5. The molecule has 0 unspecified atom stereocenters. The SMILES string of the molecule is CCc1ccc([C@H]2C(C#N)=C(N)N(N(C)C)C3=C2C(=O)C[C@@H](c2ccccc2)C3)cc1. The Morgan fingerprint density at radius 3 is 2.32 bits per heavy atom. The summed E-state index contributed by atoms with van der Waals surface area (Å²) in [5.74, 6) is 0.157. The molecule has 1 aliphatic heterocycles. The van der Waals surface area contributed by atoms with Crippen LogP contribution in [0.15, 0.2) is 77.3 Å². The van der Waals surface area contributed by atoms with Crippen molar-refractivity contribution in [3.05, 3.63) is 94.0 Å². The van der Waals surface area contributed by atoms with Crippen molar-refractivity contribution in [2.75, 3.05) is 14.1 Å². The van der Waals surface area contributed by atoms with Crippen molar-refractivity contribution in [1.82, 2.24) is 10.0 Å². The van der Waals surface area contributed by atoms with E-state index in [0.29, 0.717) is 29.8 Å². The highest BCUT2D eigenvalue weighted by Crippen LogP contribution is 2.48. The lowest BCUT2D eigenvalue weighted by molar-refractivity contribution is -0.117. The molecule has 2 N–H and O–H groups in total. The van der Waals surface area contributed by atoms with Gasteiger partial charge >= 0.3 is 0 Å². The molecule has 2 aliphatic rings. The first kappa shape index (κ1) is 20.9. The molecule has 1 aliphatic carbocycles. The molecule has 4 rings (SSSR count). The molecule has 0 saturated heterocycles. The summed E-state index contributed by atoms with van der Waals surface area (Å²) >= 11 is 0. The molecule has 2 aromatic carbocycles. The molecule has 0 aromatic heterocycles. The minimum atomic E-state index is -0.425. The maximum absolute atomic E-state index is 13.6. The van der Waals surface area contributed by atoms with E-state index in [-0.39, 0.29) is 11.7 Å². The van der Waals surface area contributed by atoms with Crippen LogP contribution in [0, 0.1) is 11.3 Å². The quantitative estimate of drug-likeness (QED) is 0.814. The van der Waals surface area contributed by atoms with E-state index in [9.17, 15) is 10.1 Å². The number of allylic oxidation sites excluding steroid dienone is 3. The van der Waals surface area contributed by atoms with Crippen LogP contribution in [-0.2, 0) is 11.2 Å². The lowest BCUT2D eigenvalue weighted by Crippen LogP contribution is -2.46. The second kappa shape index (κ2) is 8.41. The lowest BCUT2D eigenvalue weighted by atomic mass is 9.72. The number of nitrogens with zero attached hydrogens (tertiary/aromatic N) is 3. The highest BCUT2D eigenvalue weighted by atomic mass is 16.1. The van der Waals surface area contributed by atoms with Gasteiger partial charge in [0, 0.05) is 31.8 Å². The molecule has 0 saturated carbocycles. The molecular weight excluding hydrogens is 384 g/mol. The summed E-state index contributed by atoms with van der Waals surface area (Å²) in [4.78, 5) is 13.6. The molecule has 5 heteroatoms. The number of Topliss-reactive ketones (excluding diaryl/α,β-unsaturated/α-hetero) is 1. The smallest absolute Gasteiger partial charge is 0.162 e. The average Bonchev–Trinajstić information content (AvgIpc) is 2.78. The van der Waals surface area contributed by atoms with Crippen LogP contribution in [0.3, 0.4) is 0 Å². The number of benzene rings is 2. The summed E-state index contributed by atoms with van der Waals surface area (Å²) in [6.45, 7) is 2.11. The van der Waals surface area contributed by atoms with Crippen LogP contribution in [-0.4, -0.2) is 29.9 Å². The van der Waals surface area contributed by atoms with Gasteiger partial charge in [0.05, 0.1) is 17.6 Å². The zero-order chi connectivity index (χ0) is 22.1. The van der Waals surface area contributed by atoms with Crippen LogP contribution in [0.2, 0.25) is 0 Å². The maximum Gasteiger partial charge on any atom is 0.162 e. The Labute approximate surface area is 184 Å². The first-order chi connectivity index (χ1) is 15.0. The Hall–Kier alpha value is -3.36. The molecule has 5 nitrogen and oxygen atoms in total. The van der Waals surface area contributed by atoms with E-state index in [1.807, 2.05) is 54.4 Å². The fourth-order valence-corrected chi connectivity index (χ4v) is 4.81. The van der Waals surface area contributed by atoms with Crippen LogP contribution < -0.4 is 5.73 Å². The molecule has 0 bridgehead atoms. The maximum atomic E-state index is 13.6. The van der Waals surface area contributed by atoms with Crippen molar-refractivity contribution >= 4 is 5.78 Å². The van der Waals surface area contributed by atoms with E-state index in [4.69, 9.17) is 5.73 Å². The second-order valence-corrected chi connectivity index (χ2v) is 8.40. The summed E-state index contributed by atoms with van der Waals surface area (Å²) < 4.78 is 0. The van der Waals surface area contributed by atoms with Crippen molar-refractivity contribution in [3.63, 3.8) is 0 Å². The Balaban J connectivity index is 1.87. The lowest BCUT2D eigenvalue weighted by Gasteiger charge is -2.43. The van der Waals surface area contributed by atoms with Crippen LogP contribution in [0.25, 0.3) is 0 Å². The zero-order valence-corrected chi connectivity index (χ0v) is 18.3. The van der Waals surface area contributed by atoms with Gasteiger partial charge in [0.2, 0.25) is 0 Å². The molecule has 0 amide bonds.